The summed E-state index contributed by atoms with van der Waals surface area (Å²) in [4.78, 5) is 16.6. The molecule has 1 amide bonds. The maximum Gasteiger partial charge on any atom is 0.243 e. The summed E-state index contributed by atoms with van der Waals surface area (Å²) >= 11 is 0. The Kier molecular flexibility index (Phi) is 4.59. The smallest absolute Gasteiger partial charge is 0.243 e. The predicted octanol–water partition coefficient (Wildman–Crippen LogP) is 2.77. The van der Waals surface area contributed by atoms with Gasteiger partial charge in [-0.15, -0.1) is 0 Å². The topological polar surface area (TPSA) is 23.6 Å². The monoisotopic (exact) mass is 260 g/mol. The van der Waals surface area contributed by atoms with Gasteiger partial charge in [0.2, 0.25) is 5.91 Å². The second-order valence-electron chi connectivity index (χ2n) is 5.63. The van der Waals surface area contributed by atoms with Gasteiger partial charge >= 0.3 is 0 Å². The van der Waals surface area contributed by atoms with Gasteiger partial charge in [0.05, 0.1) is 6.04 Å². The normalized spacial score (nSPS) is 19.1. The van der Waals surface area contributed by atoms with Crippen molar-refractivity contribution in [2.75, 3.05) is 25.0 Å². The van der Waals surface area contributed by atoms with Crippen molar-refractivity contribution in [2.45, 2.75) is 32.7 Å². The molecule has 1 saturated heterocycles. The molecule has 1 aliphatic heterocycles. The molecule has 0 aliphatic carbocycles. The minimum absolute atomic E-state index is 0.0299. The number of likely N-dealkylation sites (N-methyl/N-ethyl adjacent to an activating group) is 1. The second-order valence-corrected chi connectivity index (χ2v) is 5.63. The molecule has 1 aromatic rings. The number of rotatable bonds is 3. The van der Waals surface area contributed by atoms with Crippen molar-refractivity contribution in [3.63, 3.8) is 0 Å². The van der Waals surface area contributed by atoms with Crippen molar-refractivity contribution in [2.24, 2.45) is 5.92 Å². The van der Waals surface area contributed by atoms with Crippen molar-refractivity contribution in [3.05, 3.63) is 30.3 Å². The summed E-state index contributed by atoms with van der Waals surface area (Å²) in [6, 6.07) is 9.82. The predicted molar refractivity (Wildman–Crippen MR) is 79.3 cm³/mol. The van der Waals surface area contributed by atoms with Gasteiger partial charge < -0.3 is 4.90 Å². The Labute approximate surface area is 116 Å². The molecule has 3 nitrogen and oxygen atoms in total. The van der Waals surface area contributed by atoms with Crippen LogP contribution in [0.15, 0.2) is 30.3 Å². The van der Waals surface area contributed by atoms with Crippen LogP contribution in [0.3, 0.4) is 0 Å². The van der Waals surface area contributed by atoms with Crippen molar-refractivity contribution < 1.29 is 4.79 Å². The van der Waals surface area contributed by atoms with Gasteiger partial charge in [0.15, 0.2) is 0 Å². The van der Waals surface area contributed by atoms with Gasteiger partial charge in [0, 0.05) is 12.7 Å². The minimum atomic E-state index is -0.0299. The quantitative estimate of drug-likeness (QED) is 0.834. The Morgan fingerprint density at radius 2 is 1.84 bits per heavy atom. The summed E-state index contributed by atoms with van der Waals surface area (Å²) in [5.74, 6) is 0.978. The number of nitrogens with zero attached hydrogens (tertiary/aromatic N) is 2. The number of amides is 1. The summed E-state index contributed by atoms with van der Waals surface area (Å²) in [7, 11) is 1.86. The van der Waals surface area contributed by atoms with Crippen LogP contribution in [0.4, 0.5) is 5.69 Å². The molecule has 1 aliphatic rings. The first-order valence-electron chi connectivity index (χ1n) is 7.16. The summed E-state index contributed by atoms with van der Waals surface area (Å²) in [5.41, 5.74) is 0.963. The van der Waals surface area contributed by atoms with Crippen molar-refractivity contribution >= 4 is 11.6 Å². The zero-order valence-electron chi connectivity index (χ0n) is 12.2. The van der Waals surface area contributed by atoms with Crippen LogP contribution in [-0.4, -0.2) is 37.0 Å². The van der Waals surface area contributed by atoms with E-state index in [1.165, 1.54) is 12.8 Å². The average Bonchev–Trinajstić information content (AvgIpc) is 2.46. The standard InChI is InChI=1S/C16H24N2O/c1-13-9-11-18(12-10-13)14(2)16(19)17(3)15-7-5-4-6-8-15/h4-8,13-14H,9-12H2,1-3H3. The number of para-hydroxylation sites is 1. The van der Waals surface area contributed by atoms with Gasteiger partial charge in [-0.05, 0) is 50.9 Å². The molecule has 1 aromatic carbocycles. The molecule has 1 unspecified atom stereocenters. The highest BCUT2D eigenvalue weighted by atomic mass is 16.2. The van der Waals surface area contributed by atoms with Crippen molar-refractivity contribution in [1.29, 1.82) is 0 Å². The third kappa shape index (κ3) is 3.35. The number of piperidine rings is 1. The van der Waals surface area contributed by atoms with Gasteiger partial charge in [-0.2, -0.15) is 0 Å². The minimum Gasteiger partial charge on any atom is -0.314 e. The summed E-state index contributed by atoms with van der Waals surface area (Å²) in [6.07, 6.45) is 2.40. The summed E-state index contributed by atoms with van der Waals surface area (Å²) in [5, 5.41) is 0. The van der Waals surface area contributed by atoms with Crippen LogP contribution in [0.5, 0.6) is 0 Å². The highest BCUT2D eigenvalue weighted by molar-refractivity contribution is 5.96. The molecule has 0 radical (unpaired) electrons. The average molecular weight is 260 g/mol. The van der Waals surface area contributed by atoms with E-state index in [9.17, 15) is 4.79 Å². The lowest BCUT2D eigenvalue weighted by molar-refractivity contribution is -0.123. The molecule has 1 heterocycles. The van der Waals surface area contributed by atoms with E-state index in [2.05, 4.69) is 11.8 Å². The molecule has 0 N–H and O–H groups in total. The molecule has 0 saturated carbocycles. The second kappa shape index (κ2) is 6.20. The highest BCUT2D eigenvalue weighted by Gasteiger charge is 2.27. The Morgan fingerprint density at radius 3 is 2.42 bits per heavy atom. The molecule has 1 atom stereocenters. The molecule has 3 heteroatoms. The molecule has 104 valence electrons. The SMILES string of the molecule is CC1CCN(C(C)C(=O)N(C)c2ccccc2)CC1. The Morgan fingerprint density at radius 1 is 1.26 bits per heavy atom. The molecule has 2 rings (SSSR count). The fraction of sp³-hybridized carbons (Fsp3) is 0.562. The van der Waals surface area contributed by atoms with Gasteiger partial charge in [0.1, 0.15) is 0 Å². The third-order valence-electron chi connectivity index (χ3n) is 4.20. The van der Waals surface area contributed by atoms with Gasteiger partial charge in [-0.1, -0.05) is 25.1 Å². The first-order chi connectivity index (χ1) is 9.09. The summed E-state index contributed by atoms with van der Waals surface area (Å²) in [6.45, 7) is 6.39. The van der Waals surface area contributed by atoms with Crippen LogP contribution in [0, 0.1) is 5.92 Å². The van der Waals surface area contributed by atoms with E-state index in [0.717, 1.165) is 24.7 Å². The number of benzene rings is 1. The number of hydrogen-bond acceptors (Lipinski definition) is 2. The van der Waals surface area contributed by atoms with Crippen LogP contribution < -0.4 is 4.90 Å². The fourth-order valence-electron chi connectivity index (χ4n) is 2.63. The highest BCUT2D eigenvalue weighted by Crippen LogP contribution is 2.20. The van der Waals surface area contributed by atoms with Gasteiger partial charge in [-0.3, -0.25) is 9.69 Å². The van der Waals surface area contributed by atoms with Crippen LogP contribution >= 0.6 is 0 Å². The van der Waals surface area contributed by atoms with Crippen LogP contribution in [0.25, 0.3) is 0 Å². The van der Waals surface area contributed by atoms with Crippen molar-refractivity contribution in [1.82, 2.24) is 4.90 Å². The lowest BCUT2D eigenvalue weighted by atomic mass is 9.98. The van der Waals surface area contributed by atoms with E-state index in [0.29, 0.717) is 0 Å². The zero-order chi connectivity index (χ0) is 13.8. The van der Waals surface area contributed by atoms with E-state index in [-0.39, 0.29) is 11.9 Å². The molecular weight excluding hydrogens is 236 g/mol. The number of hydrogen-bond donors (Lipinski definition) is 0. The van der Waals surface area contributed by atoms with Crippen molar-refractivity contribution in [3.8, 4) is 0 Å². The molecule has 19 heavy (non-hydrogen) atoms. The fourth-order valence-corrected chi connectivity index (χ4v) is 2.63. The van der Waals surface area contributed by atoms with Crippen LogP contribution in [0.1, 0.15) is 26.7 Å². The Balaban J connectivity index is 1.99. The Bertz CT molecular complexity index is 410. The number of carbonyl (C=O) groups excluding carboxylic acids is 1. The van der Waals surface area contributed by atoms with E-state index in [1.54, 1.807) is 4.90 Å². The molecular formula is C16H24N2O. The number of anilines is 1. The van der Waals surface area contributed by atoms with Gasteiger partial charge in [0.25, 0.3) is 0 Å². The largest absolute Gasteiger partial charge is 0.314 e. The van der Waals surface area contributed by atoms with E-state index in [1.807, 2.05) is 44.3 Å². The van der Waals surface area contributed by atoms with E-state index >= 15 is 0 Å². The maximum atomic E-state index is 12.5. The molecule has 0 bridgehead atoms. The lowest BCUT2D eigenvalue weighted by Crippen LogP contribution is -2.48. The summed E-state index contributed by atoms with van der Waals surface area (Å²) < 4.78 is 0. The third-order valence-corrected chi connectivity index (χ3v) is 4.20. The van der Waals surface area contributed by atoms with E-state index < -0.39 is 0 Å². The number of carbonyl (C=O) groups is 1. The lowest BCUT2D eigenvalue weighted by Gasteiger charge is -2.35. The maximum absolute atomic E-state index is 12.5. The van der Waals surface area contributed by atoms with Crippen LogP contribution in [-0.2, 0) is 4.79 Å². The van der Waals surface area contributed by atoms with Crippen LogP contribution in [0.2, 0.25) is 0 Å². The zero-order valence-corrected chi connectivity index (χ0v) is 12.2. The molecule has 0 spiro atoms. The van der Waals surface area contributed by atoms with E-state index in [4.69, 9.17) is 0 Å². The molecule has 1 fully saturated rings. The first-order valence-corrected chi connectivity index (χ1v) is 7.16. The van der Waals surface area contributed by atoms with Gasteiger partial charge in [-0.25, -0.2) is 0 Å². The number of likely N-dealkylation sites (tertiary alicyclic amines) is 1. The Hall–Kier alpha value is -1.35. The first kappa shape index (κ1) is 14.1. The molecule has 0 aromatic heterocycles.